The van der Waals surface area contributed by atoms with Crippen molar-refractivity contribution in [2.45, 2.75) is 19.3 Å². The van der Waals surface area contributed by atoms with Crippen LogP contribution in [0.25, 0.3) is 0 Å². The van der Waals surface area contributed by atoms with Gasteiger partial charge in [-0.25, -0.2) is 8.78 Å². The lowest BCUT2D eigenvalue weighted by Gasteiger charge is -2.29. The van der Waals surface area contributed by atoms with Crippen molar-refractivity contribution in [1.29, 1.82) is 0 Å². The fraction of sp³-hybridized carbons (Fsp3) is 0.130. The van der Waals surface area contributed by atoms with Crippen LogP contribution >= 0.6 is 0 Å². The molecule has 4 rings (SSSR count). The number of hydrogen-bond acceptors (Lipinski definition) is 4. The van der Waals surface area contributed by atoms with Gasteiger partial charge in [-0.15, -0.1) is 0 Å². The highest BCUT2D eigenvalue weighted by Gasteiger charge is 2.57. The molecule has 6 heteroatoms. The molecule has 0 unspecified atom stereocenters. The first kappa shape index (κ1) is 18.8. The maximum Gasteiger partial charge on any atom is 0.186 e. The molecular weight excluding hydrogens is 374 g/mol. The van der Waals surface area contributed by atoms with Gasteiger partial charge in [-0.1, -0.05) is 24.3 Å². The highest BCUT2D eigenvalue weighted by molar-refractivity contribution is 6.35. The number of fused-ring (bicyclic) bond motifs is 1. The standard InChI is InChI=1S/C23H18F2N2O2/c1-11-7-15(17(24)9-19(11)26)23(16-8-12(2)20(27)10-18(16)25)21(28)13-5-3-4-6-14(13)22(23)29/h3-10H,26-27H2,1-2H3. The molecule has 0 aliphatic heterocycles. The van der Waals surface area contributed by atoms with Crippen molar-refractivity contribution in [3.8, 4) is 0 Å². The molecule has 1 aliphatic carbocycles. The maximum absolute atomic E-state index is 15.2. The summed E-state index contributed by atoms with van der Waals surface area (Å²) in [7, 11) is 0. The third-order valence-electron chi connectivity index (χ3n) is 5.62. The van der Waals surface area contributed by atoms with Crippen LogP contribution in [0, 0.1) is 25.5 Å². The minimum Gasteiger partial charge on any atom is -0.398 e. The normalized spacial score (nSPS) is 14.9. The molecule has 0 atom stereocenters. The third-order valence-corrected chi connectivity index (χ3v) is 5.62. The van der Waals surface area contributed by atoms with Crippen LogP contribution in [-0.2, 0) is 5.41 Å². The van der Waals surface area contributed by atoms with Gasteiger partial charge < -0.3 is 11.5 Å². The van der Waals surface area contributed by atoms with Crippen molar-refractivity contribution in [2.75, 3.05) is 11.5 Å². The highest BCUT2D eigenvalue weighted by atomic mass is 19.1. The lowest BCUT2D eigenvalue weighted by Crippen LogP contribution is -2.41. The molecule has 4 nitrogen and oxygen atoms in total. The smallest absolute Gasteiger partial charge is 0.186 e. The molecule has 0 saturated carbocycles. The zero-order valence-corrected chi connectivity index (χ0v) is 15.8. The minimum atomic E-state index is -2.19. The first-order valence-corrected chi connectivity index (χ1v) is 9.00. The topological polar surface area (TPSA) is 86.2 Å². The summed E-state index contributed by atoms with van der Waals surface area (Å²) < 4.78 is 30.3. The molecule has 146 valence electrons. The third kappa shape index (κ3) is 2.42. The quantitative estimate of drug-likeness (QED) is 0.508. The lowest BCUT2D eigenvalue weighted by atomic mass is 9.69. The molecule has 0 spiro atoms. The minimum absolute atomic E-state index is 0.125. The highest BCUT2D eigenvalue weighted by Crippen LogP contribution is 2.47. The summed E-state index contributed by atoms with van der Waals surface area (Å²) in [4.78, 5) is 27.2. The molecule has 1 aliphatic rings. The fourth-order valence-corrected chi connectivity index (χ4v) is 3.99. The molecule has 0 bridgehead atoms. The number of anilines is 2. The Bertz CT molecular complexity index is 1120. The van der Waals surface area contributed by atoms with Gasteiger partial charge in [-0.05, 0) is 49.2 Å². The lowest BCUT2D eigenvalue weighted by molar-refractivity contribution is 0.0822. The van der Waals surface area contributed by atoms with E-state index in [-0.39, 0.29) is 33.6 Å². The first-order chi connectivity index (χ1) is 13.7. The summed E-state index contributed by atoms with van der Waals surface area (Å²) in [6.07, 6.45) is 0. The van der Waals surface area contributed by atoms with E-state index in [2.05, 4.69) is 0 Å². The number of ketones is 2. The van der Waals surface area contributed by atoms with Gasteiger partial charge in [0, 0.05) is 33.6 Å². The van der Waals surface area contributed by atoms with Crippen LogP contribution < -0.4 is 11.5 Å². The van der Waals surface area contributed by atoms with Gasteiger partial charge >= 0.3 is 0 Å². The number of nitrogen functional groups attached to an aromatic ring is 2. The SMILES string of the molecule is Cc1cc(C2(c3cc(C)c(N)cc3F)C(=O)c3ccccc3C2=O)c(F)cc1N. The maximum atomic E-state index is 15.2. The molecule has 0 fully saturated rings. The van der Waals surface area contributed by atoms with Crippen molar-refractivity contribution < 1.29 is 18.4 Å². The van der Waals surface area contributed by atoms with Crippen molar-refractivity contribution >= 4 is 22.9 Å². The summed E-state index contributed by atoms with van der Waals surface area (Å²) in [6, 6.07) is 11.0. The summed E-state index contributed by atoms with van der Waals surface area (Å²) in [5.41, 5.74) is 10.5. The van der Waals surface area contributed by atoms with Crippen LogP contribution in [0.5, 0.6) is 0 Å². The summed E-state index contributed by atoms with van der Waals surface area (Å²) >= 11 is 0. The molecule has 0 saturated heterocycles. The molecule has 0 aromatic heterocycles. The van der Waals surface area contributed by atoms with Crippen LogP contribution in [0.3, 0.4) is 0 Å². The number of carbonyl (C=O) groups excluding carboxylic acids is 2. The first-order valence-electron chi connectivity index (χ1n) is 9.00. The van der Waals surface area contributed by atoms with E-state index in [9.17, 15) is 9.59 Å². The molecular formula is C23H18F2N2O2. The number of hydrogen-bond donors (Lipinski definition) is 2. The number of halogens is 2. The molecule has 0 heterocycles. The Balaban J connectivity index is 2.17. The average Bonchev–Trinajstić information content (AvgIpc) is 2.90. The van der Waals surface area contributed by atoms with Gasteiger partial charge in [0.2, 0.25) is 0 Å². The zero-order chi connectivity index (χ0) is 21.1. The Morgan fingerprint density at radius 2 is 1.10 bits per heavy atom. The van der Waals surface area contributed by atoms with E-state index < -0.39 is 28.6 Å². The summed E-state index contributed by atoms with van der Waals surface area (Å²) in [5, 5.41) is 0. The predicted molar refractivity (Wildman–Crippen MR) is 107 cm³/mol. The second-order valence-corrected chi connectivity index (χ2v) is 7.33. The van der Waals surface area contributed by atoms with E-state index >= 15 is 8.78 Å². The number of aryl methyl sites for hydroxylation is 2. The number of rotatable bonds is 2. The number of nitrogens with two attached hydrogens (primary N) is 2. The number of carbonyl (C=O) groups is 2. The molecule has 4 N–H and O–H groups in total. The van der Waals surface area contributed by atoms with Gasteiger partial charge in [0.05, 0.1) is 0 Å². The Hall–Kier alpha value is -3.54. The molecule has 3 aromatic carbocycles. The van der Waals surface area contributed by atoms with Crippen molar-refractivity contribution in [2.24, 2.45) is 0 Å². The Morgan fingerprint density at radius 1 is 0.724 bits per heavy atom. The Morgan fingerprint density at radius 3 is 1.48 bits per heavy atom. The van der Waals surface area contributed by atoms with Gasteiger partial charge in [-0.3, -0.25) is 9.59 Å². The molecule has 3 aromatic rings. The van der Waals surface area contributed by atoms with Crippen molar-refractivity contribution in [3.05, 3.63) is 93.5 Å². The Kier molecular flexibility index (Phi) is 4.04. The van der Waals surface area contributed by atoms with Gasteiger partial charge in [0.15, 0.2) is 17.0 Å². The number of benzene rings is 3. The largest absolute Gasteiger partial charge is 0.398 e. The van der Waals surface area contributed by atoms with E-state index in [1.165, 1.54) is 24.3 Å². The van der Waals surface area contributed by atoms with E-state index in [0.717, 1.165) is 12.1 Å². The van der Waals surface area contributed by atoms with Crippen LogP contribution in [0.2, 0.25) is 0 Å². The summed E-state index contributed by atoms with van der Waals surface area (Å²) in [6.45, 7) is 3.27. The van der Waals surface area contributed by atoms with Crippen LogP contribution in [0.4, 0.5) is 20.2 Å². The predicted octanol–water partition coefficient (Wildman–Crippen LogP) is 4.11. The monoisotopic (exact) mass is 392 g/mol. The van der Waals surface area contributed by atoms with Crippen LogP contribution in [0.15, 0.2) is 48.5 Å². The van der Waals surface area contributed by atoms with E-state index in [1.54, 1.807) is 26.0 Å². The Labute approximate surface area is 166 Å². The van der Waals surface area contributed by atoms with Crippen LogP contribution in [-0.4, -0.2) is 11.6 Å². The van der Waals surface area contributed by atoms with Crippen molar-refractivity contribution in [1.82, 2.24) is 0 Å². The fourth-order valence-electron chi connectivity index (χ4n) is 3.99. The summed E-state index contributed by atoms with van der Waals surface area (Å²) in [5.74, 6) is -3.05. The molecule has 0 radical (unpaired) electrons. The van der Waals surface area contributed by atoms with Gasteiger partial charge in [-0.2, -0.15) is 0 Å². The molecule has 29 heavy (non-hydrogen) atoms. The van der Waals surface area contributed by atoms with E-state index in [1.807, 2.05) is 0 Å². The number of Topliss-reactive ketones (excluding diaryl/α,β-unsaturated/α-hetero) is 2. The zero-order valence-electron chi connectivity index (χ0n) is 15.8. The van der Waals surface area contributed by atoms with Gasteiger partial charge in [0.1, 0.15) is 11.6 Å². The van der Waals surface area contributed by atoms with E-state index in [0.29, 0.717) is 11.1 Å². The second-order valence-electron chi connectivity index (χ2n) is 7.33. The average molecular weight is 392 g/mol. The van der Waals surface area contributed by atoms with Crippen molar-refractivity contribution in [3.63, 3.8) is 0 Å². The van der Waals surface area contributed by atoms with Crippen LogP contribution in [0.1, 0.15) is 43.0 Å². The van der Waals surface area contributed by atoms with Gasteiger partial charge in [0.25, 0.3) is 0 Å². The molecule has 0 amide bonds. The van der Waals surface area contributed by atoms with E-state index in [4.69, 9.17) is 11.5 Å². The second kappa shape index (κ2) is 6.24.